The van der Waals surface area contributed by atoms with E-state index in [2.05, 4.69) is 101 Å². The van der Waals surface area contributed by atoms with E-state index < -0.39 is 0 Å². The maximum absolute atomic E-state index is 12.6. The third-order valence-corrected chi connectivity index (χ3v) is 20.0. The average Bonchev–Trinajstić information content (AvgIpc) is 1.36. The minimum atomic E-state index is -0.251. The van der Waals surface area contributed by atoms with Crippen molar-refractivity contribution in [2.45, 2.75) is 64.9 Å². The number of aliphatic hydroxyl groups is 1. The Hall–Kier alpha value is -13.2. The van der Waals surface area contributed by atoms with E-state index in [1.54, 1.807) is 75.7 Å². The zero-order valence-electron chi connectivity index (χ0n) is 64.1. The number of anilines is 12. The molecule has 2 atom stereocenters. The zero-order valence-corrected chi connectivity index (χ0v) is 64.1. The molecule has 12 aromatic rings. The summed E-state index contributed by atoms with van der Waals surface area (Å²) in [4.78, 5) is 86.3. The van der Waals surface area contributed by atoms with Crippen LogP contribution in [0.1, 0.15) is 58.8 Å². The van der Waals surface area contributed by atoms with Crippen LogP contribution in [0.2, 0.25) is 0 Å². The Bertz CT molecular complexity index is 5020. The van der Waals surface area contributed by atoms with E-state index in [-0.39, 0.29) is 30.4 Å². The summed E-state index contributed by atoms with van der Waals surface area (Å²) < 4.78 is 12.5. The summed E-state index contributed by atoms with van der Waals surface area (Å²) in [6.45, 7) is 15.5. The molecule has 13 heterocycles. The van der Waals surface area contributed by atoms with Crippen molar-refractivity contribution in [1.82, 2.24) is 93.7 Å². The number of carbonyl (C=O) groups excluding carboxylic acids is 3. The molecule has 588 valence electrons. The molecular weight excluding hydrogens is 1440 g/mol. The van der Waals surface area contributed by atoms with E-state index in [0.717, 1.165) is 186 Å². The van der Waals surface area contributed by atoms with Crippen LogP contribution in [0.5, 0.6) is 0 Å². The zero-order chi connectivity index (χ0) is 78.2. The molecule has 0 saturated carbocycles. The molecule has 0 bridgehead atoms. The molecule has 3 amide bonds. The van der Waals surface area contributed by atoms with Gasteiger partial charge in [0.2, 0.25) is 35.6 Å². The van der Waals surface area contributed by atoms with Crippen molar-refractivity contribution in [3.05, 3.63) is 220 Å². The third kappa shape index (κ3) is 21.1. The predicted octanol–water partition coefficient (Wildman–Crippen LogP) is 10.2. The number of hydrogen-bond acceptors (Lipinski definition) is 25. The minimum absolute atomic E-state index is 0.125. The van der Waals surface area contributed by atoms with Crippen LogP contribution in [-0.4, -0.2) is 227 Å². The second kappa shape index (κ2) is 38.6. The van der Waals surface area contributed by atoms with Crippen molar-refractivity contribution in [3.8, 4) is 22.7 Å². The van der Waals surface area contributed by atoms with Crippen LogP contribution in [0.25, 0.3) is 22.7 Å². The smallest absolute Gasteiger partial charge is 0.251 e. The van der Waals surface area contributed by atoms with Crippen LogP contribution in [0.3, 0.4) is 0 Å². The number of nitrogens with one attached hydrogen (secondary N) is 4. The topological polar surface area (TPSA) is 326 Å². The van der Waals surface area contributed by atoms with Gasteiger partial charge in [0.25, 0.3) is 5.91 Å². The fourth-order valence-corrected chi connectivity index (χ4v) is 13.9. The van der Waals surface area contributed by atoms with Crippen molar-refractivity contribution in [3.63, 3.8) is 0 Å². The number of ether oxygens (including phenoxy) is 1. The van der Waals surface area contributed by atoms with Gasteiger partial charge in [0.05, 0.1) is 22.7 Å². The number of benzene rings is 4. The molecule has 17 rings (SSSR count). The number of rotatable bonds is 19. The molecular formula is C82H95N27O5. The molecule has 5 aliphatic rings. The van der Waals surface area contributed by atoms with Gasteiger partial charge in [0, 0.05) is 190 Å². The van der Waals surface area contributed by atoms with E-state index in [1.807, 2.05) is 191 Å². The molecule has 4 aromatic carbocycles. The molecule has 5 saturated heterocycles. The number of hydrogen-bond donors (Lipinski definition) is 5. The molecule has 8 aromatic heterocycles. The van der Waals surface area contributed by atoms with Crippen molar-refractivity contribution in [2.24, 2.45) is 5.92 Å². The van der Waals surface area contributed by atoms with Gasteiger partial charge in [-0.25, -0.2) is 38.7 Å². The van der Waals surface area contributed by atoms with Gasteiger partial charge in [0.15, 0.2) is 0 Å². The number of pyridine rings is 4. The van der Waals surface area contributed by atoms with Gasteiger partial charge in [0.1, 0.15) is 54.7 Å². The molecule has 114 heavy (non-hydrogen) atoms. The fourth-order valence-electron chi connectivity index (χ4n) is 13.9. The Labute approximate surface area is 661 Å². The van der Waals surface area contributed by atoms with Crippen molar-refractivity contribution in [2.75, 3.05) is 146 Å². The van der Waals surface area contributed by atoms with Gasteiger partial charge < -0.3 is 65.4 Å². The van der Waals surface area contributed by atoms with Crippen LogP contribution in [-0.2, 0) is 19.1 Å². The first-order chi connectivity index (χ1) is 56.0. The van der Waals surface area contributed by atoms with Crippen molar-refractivity contribution in [1.29, 1.82) is 0 Å². The Morgan fingerprint density at radius 1 is 0.395 bits per heavy atom. The third-order valence-electron chi connectivity index (χ3n) is 20.0. The normalized spacial score (nSPS) is 16.4. The number of aromatic nitrogens is 16. The van der Waals surface area contributed by atoms with Gasteiger partial charge >= 0.3 is 0 Å². The summed E-state index contributed by atoms with van der Waals surface area (Å²) in [5.41, 5.74) is 7.36. The predicted molar refractivity (Wildman–Crippen MR) is 438 cm³/mol. The van der Waals surface area contributed by atoms with Gasteiger partial charge in [-0.2, -0.15) is 19.9 Å². The lowest BCUT2D eigenvalue weighted by Crippen LogP contribution is -2.51. The molecule has 32 nitrogen and oxygen atoms in total. The van der Waals surface area contributed by atoms with E-state index in [0.29, 0.717) is 55.8 Å². The highest BCUT2D eigenvalue weighted by Crippen LogP contribution is 2.27. The number of nitrogens with zero attached hydrogens (tertiary/aromatic N) is 23. The summed E-state index contributed by atoms with van der Waals surface area (Å²) in [7, 11) is 0. The summed E-state index contributed by atoms with van der Waals surface area (Å²) in [5, 5.41) is 40.3. The maximum Gasteiger partial charge on any atom is 0.251 e. The standard InChI is InChI=1S/C22H25N7O2.C21H25N7O.C20H23N7O.C19H22N6O/c30-21(19-7-4-14-31-19)28-12-10-27(11-13-28)20-15-18(8-9-23-20)29-16-24-22(26-29)25-17-5-2-1-3-6-17;1-2-20(29)27-12-6-11-26(13-14-27)19-15-18(9-10-22-19)28-16-23-21(25-28)24-17-7-4-3-5-8-17;1-16(28)25-10-5-11-26(13-12-25)19-14-18(8-9-21-19)27-15-22-20(24-27)23-17-6-3-2-4-7-17;26-13-15-5-4-10-24(12-15)18-11-17(8-9-20-18)25-14-21-19(23-25)22-16-6-2-1-3-7-16/h1-3,5-6,8-9,15-16,19H,4,7,10-14H2,(H,25,26);3-5,7-10,15-16H,2,6,11-14H2,1H3,(H,24,25);2-4,6-9,14-15H,5,10-13H2,1H3,(H,23,24);1-3,6-9,11,14-15,26H,4-5,10,12-13H2,(H,22,23)/t;;;15-/m...0/s1. The number of carbonyl (C=O) groups is 3. The van der Waals surface area contributed by atoms with Gasteiger partial charge in [-0.05, 0) is 117 Å². The highest BCUT2D eigenvalue weighted by molar-refractivity contribution is 5.81. The summed E-state index contributed by atoms with van der Waals surface area (Å²) in [6, 6.07) is 55.0. The molecule has 0 radical (unpaired) electrons. The Kier molecular flexibility index (Phi) is 26.2. The quantitative estimate of drug-likeness (QED) is 0.0502. The van der Waals surface area contributed by atoms with E-state index in [1.165, 1.54) is 0 Å². The van der Waals surface area contributed by atoms with Crippen LogP contribution < -0.4 is 40.9 Å². The van der Waals surface area contributed by atoms with Gasteiger partial charge in [-0.3, -0.25) is 14.4 Å². The van der Waals surface area contributed by atoms with E-state index >= 15 is 0 Å². The Morgan fingerprint density at radius 3 is 1.11 bits per heavy atom. The second-order valence-electron chi connectivity index (χ2n) is 27.9. The van der Waals surface area contributed by atoms with Crippen LogP contribution in [0.4, 0.5) is 69.8 Å². The lowest BCUT2D eigenvalue weighted by Gasteiger charge is -2.36. The first-order valence-electron chi connectivity index (χ1n) is 38.8. The van der Waals surface area contributed by atoms with Crippen LogP contribution in [0, 0.1) is 5.92 Å². The first kappa shape index (κ1) is 77.5. The lowest BCUT2D eigenvalue weighted by atomic mass is 9.99. The number of piperidine rings is 1. The van der Waals surface area contributed by atoms with Crippen molar-refractivity contribution >= 4 is 87.5 Å². The summed E-state index contributed by atoms with van der Waals surface area (Å²) >= 11 is 0. The number of piperazine rings is 1. The van der Waals surface area contributed by atoms with Gasteiger partial charge in [-0.15, -0.1) is 20.4 Å². The molecule has 0 aliphatic carbocycles. The molecule has 1 unspecified atom stereocenters. The first-order valence-corrected chi connectivity index (χ1v) is 38.8. The monoisotopic (exact) mass is 1540 g/mol. The number of para-hydroxylation sites is 4. The fraction of sp³-hybridized carbons (Fsp3) is 0.329. The van der Waals surface area contributed by atoms with Crippen LogP contribution >= 0.6 is 0 Å². The van der Waals surface area contributed by atoms with Gasteiger partial charge in [-0.1, -0.05) is 79.7 Å². The largest absolute Gasteiger partial charge is 0.396 e. The SMILES string of the molecule is CC(=O)N1CCCN(c2cc(-n3cnc(Nc4ccccc4)n3)ccn2)CC1.CCC(=O)N1CCCN(c2cc(-n3cnc(Nc4ccccc4)n3)ccn2)CC1.O=C(C1CCCO1)N1CCN(c2cc(-n3cnc(Nc4ccccc4)n3)ccn2)CC1.OC[C@H]1CCCN(c2cc(-n3cnc(Nc4ccccc4)n3)ccn2)C1. The lowest BCUT2D eigenvalue weighted by molar-refractivity contribution is -0.141. The second-order valence-corrected chi connectivity index (χ2v) is 27.9. The number of aliphatic hydroxyl groups excluding tert-OH is 1. The minimum Gasteiger partial charge on any atom is -0.396 e. The van der Waals surface area contributed by atoms with E-state index in [4.69, 9.17) is 4.74 Å². The highest BCUT2D eigenvalue weighted by atomic mass is 16.5. The molecule has 32 heteroatoms. The highest BCUT2D eigenvalue weighted by Gasteiger charge is 2.31. The number of amides is 3. The molecule has 0 spiro atoms. The molecule has 5 fully saturated rings. The average molecular weight is 1540 g/mol. The van der Waals surface area contributed by atoms with Crippen LogP contribution in [0.15, 0.2) is 220 Å². The summed E-state index contributed by atoms with van der Waals surface area (Å²) in [6.07, 6.45) is 20.0. The van der Waals surface area contributed by atoms with E-state index in [9.17, 15) is 19.5 Å². The summed E-state index contributed by atoms with van der Waals surface area (Å²) in [5.74, 6) is 6.51. The van der Waals surface area contributed by atoms with Crippen molar-refractivity contribution < 1.29 is 24.2 Å². The Balaban J connectivity index is 0.000000126. The Morgan fingerprint density at radius 2 is 0.746 bits per heavy atom. The molecule has 5 aliphatic heterocycles. The maximum atomic E-state index is 12.6. The molecule has 5 N–H and O–H groups in total.